The molecule has 1 unspecified atom stereocenters. The average molecular weight is 395 g/mol. The van der Waals surface area contributed by atoms with Gasteiger partial charge in [-0.1, -0.05) is 0 Å². The summed E-state index contributed by atoms with van der Waals surface area (Å²) in [5.41, 5.74) is 1.24. The zero-order valence-electron chi connectivity index (χ0n) is 11.4. The molecule has 1 aliphatic rings. The highest BCUT2D eigenvalue weighted by atomic mass is 127. The Balaban J connectivity index is 0.00000180. The number of hydrogen-bond acceptors (Lipinski definition) is 3. The predicted octanol–water partition coefficient (Wildman–Crippen LogP) is 2.60. The molecule has 0 radical (unpaired) electrons. The van der Waals surface area contributed by atoms with Gasteiger partial charge in [0, 0.05) is 26.7 Å². The Morgan fingerprint density at radius 2 is 2.37 bits per heavy atom. The largest absolute Gasteiger partial charge is 0.373 e. The van der Waals surface area contributed by atoms with Gasteiger partial charge in [-0.15, -0.1) is 24.0 Å². The zero-order chi connectivity index (χ0) is 12.8. The number of halogens is 1. The Labute approximate surface area is 136 Å². The van der Waals surface area contributed by atoms with Crippen LogP contribution in [0.4, 0.5) is 0 Å². The van der Waals surface area contributed by atoms with Crippen LogP contribution in [0.2, 0.25) is 0 Å². The highest BCUT2D eigenvalue weighted by Crippen LogP contribution is 2.23. The fourth-order valence-electron chi connectivity index (χ4n) is 2.05. The number of nitrogens with one attached hydrogen (secondary N) is 2. The smallest absolute Gasteiger partial charge is 0.191 e. The minimum absolute atomic E-state index is 0. The van der Waals surface area contributed by atoms with Crippen LogP contribution < -0.4 is 10.6 Å². The number of guanidine groups is 1. The molecular weight excluding hydrogens is 373 g/mol. The number of rotatable bonds is 4. The lowest BCUT2D eigenvalue weighted by molar-refractivity contribution is 0.0243. The van der Waals surface area contributed by atoms with Gasteiger partial charge in [-0.25, -0.2) is 0 Å². The van der Waals surface area contributed by atoms with Gasteiger partial charge in [-0.05, 0) is 42.2 Å². The van der Waals surface area contributed by atoms with Crippen LogP contribution in [0.5, 0.6) is 0 Å². The molecule has 108 valence electrons. The van der Waals surface area contributed by atoms with Crippen LogP contribution in [-0.4, -0.2) is 31.8 Å². The van der Waals surface area contributed by atoms with E-state index in [1.807, 2.05) is 0 Å². The van der Waals surface area contributed by atoms with E-state index in [-0.39, 0.29) is 29.6 Å². The standard InChI is InChI=1S/C13H21N3OS.HI/c1-13(5-3-6-17-13)10-16-12(14-2)15-8-11-4-7-18-9-11;/h4,7,9H,3,5-6,8,10H2,1-2H3,(H2,14,15,16);1H. The number of ether oxygens (including phenoxy) is 1. The molecule has 2 N–H and O–H groups in total. The molecule has 1 aromatic rings. The minimum Gasteiger partial charge on any atom is -0.373 e. The van der Waals surface area contributed by atoms with E-state index in [0.29, 0.717) is 0 Å². The average Bonchev–Trinajstić information content (AvgIpc) is 3.01. The van der Waals surface area contributed by atoms with E-state index in [1.54, 1.807) is 18.4 Å². The first-order valence-corrected chi connectivity index (χ1v) is 7.26. The topological polar surface area (TPSA) is 45.7 Å². The number of hydrogen-bond donors (Lipinski definition) is 2. The molecule has 6 heteroatoms. The molecule has 0 spiro atoms. The zero-order valence-corrected chi connectivity index (χ0v) is 14.6. The van der Waals surface area contributed by atoms with Crippen LogP contribution in [0.25, 0.3) is 0 Å². The maximum absolute atomic E-state index is 5.74. The van der Waals surface area contributed by atoms with Gasteiger partial charge in [0.1, 0.15) is 0 Å². The first-order chi connectivity index (χ1) is 8.72. The summed E-state index contributed by atoms with van der Waals surface area (Å²) in [7, 11) is 1.79. The second kappa shape index (κ2) is 8.06. The Bertz CT molecular complexity index is 389. The van der Waals surface area contributed by atoms with Gasteiger partial charge in [0.25, 0.3) is 0 Å². The van der Waals surface area contributed by atoms with Crippen molar-refractivity contribution in [2.75, 3.05) is 20.2 Å². The highest BCUT2D eigenvalue weighted by molar-refractivity contribution is 14.0. The van der Waals surface area contributed by atoms with Crippen LogP contribution in [0.3, 0.4) is 0 Å². The molecule has 0 amide bonds. The highest BCUT2D eigenvalue weighted by Gasteiger charge is 2.29. The molecule has 2 rings (SSSR count). The molecule has 0 aromatic carbocycles. The third-order valence-corrected chi connectivity index (χ3v) is 3.93. The molecule has 4 nitrogen and oxygen atoms in total. The Morgan fingerprint density at radius 3 is 2.95 bits per heavy atom. The maximum atomic E-state index is 5.74. The Hall–Kier alpha value is -0.340. The van der Waals surface area contributed by atoms with Crippen molar-refractivity contribution in [3.05, 3.63) is 22.4 Å². The van der Waals surface area contributed by atoms with Crippen molar-refractivity contribution >= 4 is 41.3 Å². The lowest BCUT2D eigenvalue weighted by atomic mass is 10.0. The predicted molar refractivity (Wildman–Crippen MR) is 91.5 cm³/mol. The van der Waals surface area contributed by atoms with Crippen molar-refractivity contribution in [3.8, 4) is 0 Å². The molecule has 0 saturated carbocycles. The fourth-order valence-corrected chi connectivity index (χ4v) is 2.72. The molecule has 0 aliphatic carbocycles. The molecule has 1 saturated heterocycles. The molecule has 19 heavy (non-hydrogen) atoms. The van der Waals surface area contributed by atoms with E-state index >= 15 is 0 Å². The van der Waals surface area contributed by atoms with Gasteiger partial charge in [-0.2, -0.15) is 11.3 Å². The van der Waals surface area contributed by atoms with Crippen molar-refractivity contribution in [1.29, 1.82) is 0 Å². The van der Waals surface area contributed by atoms with E-state index < -0.39 is 0 Å². The SMILES string of the molecule is CN=C(NCc1ccsc1)NCC1(C)CCCO1.I. The molecular formula is C13H22IN3OS. The summed E-state index contributed by atoms with van der Waals surface area (Å²) in [6, 6.07) is 2.12. The Kier molecular flexibility index (Phi) is 7.09. The van der Waals surface area contributed by atoms with E-state index in [9.17, 15) is 0 Å². The monoisotopic (exact) mass is 395 g/mol. The van der Waals surface area contributed by atoms with Crippen LogP contribution in [0.1, 0.15) is 25.3 Å². The van der Waals surface area contributed by atoms with E-state index in [2.05, 4.69) is 39.4 Å². The summed E-state index contributed by atoms with van der Waals surface area (Å²) in [6.07, 6.45) is 2.26. The third-order valence-electron chi connectivity index (χ3n) is 3.19. The summed E-state index contributed by atoms with van der Waals surface area (Å²) in [5.74, 6) is 0.831. The van der Waals surface area contributed by atoms with E-state index in [0.717, 1.165) is 38.5 Å². The molecule has 0 bridgehead atoms. The van der Waals surface area contributed by atoms with E-state index in [4.69, 9.17) is 4.74 Å². The van der Waals surface area contributed by atoms with E-state index in [1.165, 1.54) is 5.56 Å². The lowest BCUT2D eigenvalue weighted by Gasteiger charge is -2.24. The van der Waals surface area contributed by atoms with Crippen LogP contribution in [0, 0.1) is 0 Å². The van der Waals surface area contributed by atoms with Crippen molar-refractivity contribution in [3.63, 3.8) is 0 Å². The lowest BCUT2D eigenvalue weighted by Crippen LogP contribution is -2.45. The van der Waals surface area contributed by atoms with Crippen LogP contribution in [0.15, 0.2) is 21.8 Å². The van der Waals surface area contributed by atoms with Gasteiger partial charge in [0.05, 0.1) is 5.60 Å². The van der Waals surface area contributed by atoms with Gasteiger partial charge in [-0.3, -0.25) is 4.99 Å². The first-order valence-electron chi connectivity index (χ1n) is 6.31. The van der Waals surface area contributed by atoms with Crippen molar-refractivity contribution in [1.82, 2.24) is 10.6 Å². The molecule has 1 fully saturated rings. The van der Waals surface area contributed by atoms with Crippen molar-refractivity contribution < 1.29 is 4.74 Å². The quantitative estimate of drug-likeness (QED) is 0.468. The van der Waals surface area contributed by atoms with Crippen LogP contribution in [-0.2, 0) is 11.3 Å². The molecule has 1 atom stereocenters. The summed E-state index contributed by atoms with van der Waals surface area (Å²) in [4.78, 5) is 4.22. The van der Waals surface area contributed by atoms with Crippen molar-refractivity contribution in [2.24, 2.45) is 4.99 Å². The molecule has 1 aliphatic heterocycles. The van der Waals surface area contributed by atoms with Crippen LogP contribution >= 0.6 is 35.3 Å². The Morgan fingerprint density at radius 1 is 1.53 bits per heavy atom. The van der Waals surface area contributed by atoms with Gasteiger partial charge < -0.3 is 15.4 Å². The second-order valence-electron chi connectivity index (χ2n) is 4.81. The number of aliphatic imine (C=N–C) groups is 1. The van der Waals surface area contributed by atoms with Gasteiger partial charge in [0.15, 0.2) is 5.96 Å². The number of thiophene rings is 1. The first kappa shape index (κ1) is 16.7. The summed E-state index contributed by atoms with van der Waals surface area (Å²) < 4.78 is 5.74. The molecule has 1 aromatic heterocycles. The summed E-state index contributed by atoms with van der Waals surface area (Å²) >= 11 is 1.71. The summed E-state index contributed by atoms with van der Waals surface area (Å²) in [6.45, 7) is 4.63. The molecule has 2 heterocycles. The second-order valence-corrected chi connectivity index (χ2v) is 5.59. The minimum atomic E-state index is -0.0417. The summed E-state index contributed by atoms with van der Waals surface area (Å²) in [5, 5.41) is 10.9. The fraction of sp³-hybridized carbons (Fsp3) is 0.615. The van der Waals surface area contributed by atoms with Gasteiger partial charge in [0.2, 0.25) is 0 Å². The van der Waals surface area contributed by atoms with Gasteiger partial charge >= 0.3 is 0 Å². The van der Waals surface area contributed by atoms with Crippen molar-refractivity contribution in [2.45, 2.75) is 31.9 Å². The maximum Gasteiger partial charge on any atom is 0.191 e. The normalized spacial score (nSPS) is 22.9. The number of nitrogens with zero attached hydrogens (tertiary/aromatic N) is 1. The third kappa shape index (κ3) is 5.27.